The Morgan fingerprint density at radius 3 is 2.35 bits per heavy atom. The molecule has 0 amide bonds. The molecule has 0 bridgehead atoms. The number of ether oxygens (including phenoxy) is 5. The first-order chi connectivity index (χ1) is 23.0. The lowest BCUT2D eigenvalue weighted by Gasteiger charge is -2.54. The zero-order valence-electron chi connectivity index (χ0n) is 30.9. The Balaban J connectivity index is 1.31. The number of carbonyl (C=O) groups excluding carboxylic acids is 1. The van der Waals surface area contributed by atoms with Crippen LogP contribution in [0.15, 0.2) is 12.2 Å². The molecular formula is C38H63NO10. The number of carbonyl (C=O) groups is 2. The van der Waals surface area contributed by atoms with Gasteiger partial charge < -0.3 is 44.7 Å². The molecule has 5 aliphatic rings. The normalized spacial score (nSPS) is 46.8. The molecule has 5 N–H and O–H groups in total. The number of hydrogen-bond donors (Lipinski definition) is 4. The zero-order valence-corrected chi connectivity index (χ0v) is 30.9. The molecule has 5 rings (SSSR count). The maximum atomic E-state index is 14.3. The minimum atomic E-state index is -1.15. The Kier molecular flexibility index (Phi) is 11.8. The Morgan fingerprint density at radius 2 is 1.69 bits per heavy atom. The van der Waals surface area contributed by atoms with Gasteiger partial charge in [0.1, 0.15) is 5.78 Å². The van der Waals surface area contributed by atoms with Crippen LogP contribution in [0.25, 0.3) is 0 Å². The fraction of sp³-hybridized carbons (Fsp3) is 0.895. The van der Waals surface area contributed by atoms with Crippen molar-refractivity contribution in [1.82, 2.24) is 0 Å². The van der Waals surface area contributed by atoms with Crippen LogP contribution >= 0.6 is 0 Å². The Bertz CT molecular complexity index is 1210. The molecule has 280 valence electrons. The van der Waals surface area contributed by atoms with Gasteiger partial charge in [-0.1, -0.05) is 47.6 Å². The molecule has 0 radical (unpaired) electrons. The van der Waals surface area contributed by atoms with E-state index in [1.54, 1.807) is 6.92 Å². The Hall–Kier alpha value is -1.44. The summed E-state index contributed by atoms with van der Waals surface area (Å²) in [4.78, 5) is 25.7. The van der Waals surface area contributed by atoms with Gasteiger partial charge in [-0.25, -0.2) is 0 Å². The summed E-state index contributed by atoms with van der Waals surface area (Å²) in [6, 6.07) is -0.528. The van der Waals surface area contributed by atoms with Crippen molar-refractivity contribution in [2.45, 2.75) is 179 Å². The van der Waals surface area contributed by atoms with Gasteiger partial charge in [-0.15, -0.1) is 0 Å². The lowest BCUT2D eigenvalue weighted by Crippen LogP contribution is -2.64. The molecule has 4 saturated heterocycles. The molecule has 4 fully saturated rings. The second-order valence-corrected chi connectivity index (χ2v) is 16.5. The minimum absolute atomic E-state index is 0.0461. The summed E-state index contributed by atoms with van der Waals surface area (Å²) in [5.41, 5.74) is 6.06. The van der Waals surface area contributed by atoms with Gasteiger partial charge in [0.25, 0.3) is 0 Å². The molecule has 11 nitrogen and oxygen atoms in total. The van der Waals surface area contributed by atoms with E-state index in [4.69, 9.17) is 29.4 Å². The van der Waals surface area contributed by atoms with Gasteiger partial charge in [0.2, 0.25) is 0 Å². The van der Waals surface area contributed by atoms with Crippen LogP contribution in [0.5, 0.6) is 0 Å². The van der Waals surface area contributed by atoms with Crippen LogP contribution in [0.4, 0.5) is 0 Å². The summed E-state index contributed by atoms with van der Waals surface area (Å²) >= 11 is 0. The van der Waals surface area contributed by atoms with Gasteiger partial charge in [0.05, 0.1) is 60.8 Å². The minimum Gasteiger partial charge on any atom is -0.481 e. The van der Waals surface area contributed by atoms with Crippen molar-refractivity contribution in [2.24, 2.45) is 41.2 Å². The van der Waals surface area contributed by atoms with Gasteiger partial charge in [-0.2, -0.15) is 0 Å². The van der Waals surface area contributed by atoms with E-state index in [0.29, 0.717) is 38.5 Å². The average molecular weight is 694 g/mol. The highest BCUT2D eigenvalue weighted by Gasteiger charge is 2.62. The zero-order chi connectivity index (χ0) is 36.1. The van der Waals surface area contributed by atoms with E-state index in [-0.39, 0.29) is 54.2 Å². The fourth-order valence-electron chi connectivity index (χ4n) is 9.52. The van der Waals surface area contributed by atoms with Crippen molar-refractivity contribution in [2.75, 3.05) is 0 Å². The predicted molar refractivity (Wildman–Crippen MR) is 182 cm³/mol. The van der Waals surface area contributed by atoms with E-state index >= 15 is 0 Å². The van der Waals surface area contributed by atoms with Gasteiger partial charge in [0, 0.05) is 30.1 Å². The highest BCUT2D eigenvalue weighted by Crippen LogP contribution is 2.53. The summed E-state index contributed by atoms with van der Waals surface area (Å²) in [6.07, 6.45) is 5.93. The number of nitrogens with two attached hydrogens (primary N) is 1. The van der Waals surface area contributed by atoms with Crippen molar-refractivity contribution >= 4 is 11.8 Å². The highest BCUT2D eigenvalue weighted by atomic mass is 16.8. The number of carboxylic acids is 1. The summed E-state index contributed by atoms with van der Waals surface area (Å²) < 4.78 is 33.2. The van der Waals surface area contributed by atoms with Gasteiger partial charge in [-0.3, -0.25) is 9.59 Å². The summed E-state index contributed by atoms with van der Waals surface area (Å²) in [7, 11) is 0. The number of aliphatic carboxylic acids is 1. The number of aliphatic hydroxyl groups excluding tert-OH is 2. The van der Waals surface area contributed by atoms with E-state index in [1.807, 2.05) is 39.8 Å². The van der Waals surface area contributed by atoms with Crippen LogP contribution in [0, 0.1) is 35.5 Å². The van der Waals surface area contributed by atoms with Crippen LogP contribution in [-0.2, 0) is 33.3 Å². The number of carboxylic acid groups (broad SMARTS) is 1. The topological polar surface area (TPSA) is 167 Å². The van der Waals surface area contributed by atoms with Crippen LogP contribution in [0.1, 0.15) is 113 Å². The number of ketones is 1. The van der Waals surface area contributed by atoms with Crippen LogP contribution in [-0.4, -0.2) is 93.0 Å². The first-order valence-electron chi connectivity index (χ1n) is 18.9. The van der Waals surface area contributed by atoms with Crippen molar-refractivity contribution in [3.63, 3.8) is 0 Å². The summed E-state index contributed by atoms with van der Waals surface area (Å²) in [5.74, 6) is -4.63. The third-order valence-corrected chi connectivity index (χ3v) is 12.8. The lowest BCUT2D eigenvalue weighted by molar-refractivity contribution is -0.396. The SMILES string of the molecule is CC[C@@H](C(=O)[C@@H](C)[C@@H](O)[C@H](C)C1O[C@@H](CC(=O)O)CC[C@@H]1C)[C@H]1O[C@]2(C=C[C@@H](N)[C@]3(CC[C@@](C)([C@H]4CCC(O)[C@H](C)O4)O3)O2)[C@H](C)C[C@@H]1C. The number of hydrogen-bond acceptors (Lipinski definition) is 10. The van der Waals surface area contributed by atoms with Crippen LogP contribution in [0.2, 0.25) is 0 Å². The molecule has 2 unspecified atom stereocenters. The molecule has 11 heteroatoms. The average Bonchev–Trinajstić information content (AvgIpc) is 3.40. The molecule has 49 heavy (non-hydrogen) atoms. The van der Waals surface area contributed by atoms with Gasteiger partial charge in [0.15, 0.2) is 11.6 Å². The molecule has 0 aromatic rings. The molecule has 0 saturated carbocycles. The maximum absolute atomic E-state index is 14.3. The molecule has 0 aromatic heterocycles. The molecule has 5 aliphatic heterocycles. The molecule has 5 heterocycles. The van der Waals surface area contributed by atoms with Crippen molar-refractivity contribution in [1.29, 1.82) is 0 Å². The standard InChI is InChI=1S/C38H63NO10/c1-9-27(33(44)23(5)32(43)24(6)34-20(2)10-11-26(46-34)19-31(41)42)35-21(3)18-22(4)37(47-35)15-14-29(39)38(49-37)17-16-36(8,48-38)30-13-12-28(40)25(7)45-30/h14-15,20-30,32,34-35,40,43H,9-13,16-19,39H2,1-8H3,(H,41,42)/t20-,21-,22+,23-,24-,25-,26+,27-,28?,29+,30+,32+,34?,35-,36-,37-,38-/m0/s1. The summed E-state index contributed by atoms with van der Waals surface area (Å²) in [5, 5.41) is 31.2. The monoisotopic (exact) mass is 693 g/mol. The van der Waals surface area contributed by atoms with E-state index in [9.17, 15) is 24.9 Å². The quantitative estimate of drug-likeness (QED) is 0.234. The van der Waals surface area contributed by atoms with Gasteiger partial charge >= 0.3 is 5.97 Å². The number of aliphatic hydroxyl groups is 2. The van der Waals surface area contributed by atoms with E-state index < -0.39 is 65.4 Å². The van der Waals surface area contributed by atoms with Crippen molar-refractivity contribution in [3.8, 4) is 0 Å². The maximum Gasteiger partial charge on any atom is 0.305 e. The second kappa shape index (κ2) is 14.9. The smallest absolute Gasteiger partial charge is 0.305 e. The molecular weight excluding hydrogens is 630 g/mol. The predicted octanol–water partition coefficient (Wildman–Crippen LogP) is 4.74. The van der Waals surface area contributed by atoms with Gasteiger partial charge in [-0.05, 0) is 76.7 Å². The van der Waals surface area contributed by atoms with E-state index in [2.05, 4.69) is 20.8 Å². The Labute approximate surface area is 292 Å². The Morgan fingerprint density at radius 1 is 0.980 bits per heavy atom. The lowest BCUT2D eigenvalue weighted by atomic mass is 9.72. The largest absolute Gasteiger partial charge is 0.481 e. The molecule has 0 aromatic carbocycles. The number of rotatable bonds is 10. The third-order valence-electron chi connectivity index (χ3n) is 12.8. The molecule has 2 spiro atoms. The van der Waals surface area contributed by atoms with Crippen LogP contribution < -0.4 is 5.73 Å². The first-order valence-corrected chi connectivity index (χ1v) is 18.9. The van der Waals surface area contributed by atoms with E-state index in [0.717, 1.165) is 12.8 Å². The van der Waals surface area contributed by atoms with E-state index in [1.165, 1.54) is 0 Å². The first kappa shape index (κ1) is 38.8. The number of Topliss-reactive ketones (excluding diaryl/α,β-unsaturated/α-hetero) is 1. The third kappa shape index (κ3) is 7.56. The molecule has 17 atom stereocenters. The molecule has 0 aliphatic carbocycles. The van der Waals surface area contributed by atoms with Crippen molar-refractivity contribution in [3.05, 3.63) is 12.2 Å². The summed E-state index contributed by atoms with van der Waals surface area (Å²) in [6.45, 7) is 15.9. The second-order valence-electron chi connectivity index (χ2n) is 16.5. The van der Waals surface area contributed by atoms with Crippen LogP contribution in [0.3, 0.4) is 0 Å². The van der Waals surface area contributed by atoms with Crippen molar-refractivity contribution < 1.29 is 48.6 Å². The highest BCUT2D eigenvalue weighted by molar-refractivity contribution is 5.84. The fourth-order valence-corrected chi connectivity index (χ4v) is 9.52.